The van der Waals surface area contributed by atoms with Gasteiger partial charge >= 0.3 is 11.7 Å². The van der Waals surface area contributed by atoms with Crippen molar-refractivity contribution in [1.82, 2.24) is 15.2 Å². The van der Waals surface area contributed by atoms with Gasteiger partial charge in [0, 0.05) is 10.0 Å². The molecule has 170 valence electrons. The number of benzene rings is 2. The van der Waals surface area contributed by atoms with E-state index in [-0.39, 0.29) is 18.0 Å². The van der Waals surface area contributed by atoms with E-state index < -0.39 is 16.8 Å². The number of hydrazone groups is 1. The van der Waals surface area contributed by atoms with E-state index in [1.54, 1.807) is 49.4 Å². The van der Waals surface area contributed by atoms with Crippen LogP contribution in [0.2, 0.25) is 0 Å². The monoisotopic (exact) mass is 515 g/mol. The SMILES string of the molecule is COc1cc(/C(C)=N/NC(=O)Cn2cc([N+](=O)[O-])cn2)ccc1OC(=O)c1ccccc1Br. The number of nitro groups is 1. The summed E-state index contributed by atoms with van der Waals surface area (Å²) in [4.78, 5) is 34.6. The van der Waals surface area contributed by atoms with Crippen molar-refractivity contribution in [2.24, 2.45) is 5.10 Å². The molecule has 0 saturated carbocycles. The average Bonchev–Trinajstić information content (AvgIpc) is 3.26. The highest BCUT2D eigenvalue weighted by Gasteiger charge is 2.16. The topological polar surface area (TPSA) is 138 Å². The number of nitrogens with zero attached hydrogens (tertiary/aromatic N) is 4. The first-order valence-electron chi connectivity index (χ1n) is 9.43. The van der Waals surface area contributed by atoms with E-state index >= 15 is 0 Å². The Morgan fingerprint density at radius 3 is 2.67 bits per heavy atom. The van der Waals surface area contributed by atoms with Crippen molar-refractivity contribution < 1.29 is 24.0 Å². The molecule has 0 aliphatic heterocycles. The summed E-state index contributed by atoms with van der Waals surface area (Å²) in [5.74, 6) is -0.542. The van der Waals surface area contributed by atoms with E-state index in [1.807, 2.05) is 0 Å². The Balaban J connectivity index is 1.67. The number of amides is 1. The molecular weight excluding hydrogens is 498 g/mol. The minimum absolute atomic E-state index is 0.213. The first kappa shape index (κ1) is 23.6. The van der Waals surface area contributed by atoms with Crippen LogP contribution in [0.15, 0.2) is 64.4 Å². The van der Waals surface area contributed by atoms with Crippen LogP contribution in [0.5, 0.6) is 11.5 Å². The lowest BCUT2D eigenvalue weighted by molar-refractivity contribution is -0.385. The van der Waals surface area contributed by atoms with E-state index in [2.05, 4.69) is 31.6 Å². The van der Waals surface area contributed by atoms with E-state index in [4.69, 9.17) is 9.47 Å². The number of esters is 1. The molecule has 3 aromatic rings. The summed E-state index contributed by atoms with van der Waals surface area (Å²) in [6.45, 7) is 1.43. The van der Waals surface area contributed by atoms with Gasteiger partial charge in [-0.15, -0.1) is 0 Å². The Bertz CT molecular complexity index is 1240. The molecule has 0 unspecified atom stereocenters. The van der Waals surface area contributed by atoms with Crippen LogP contribution in [0.4, 0.5) is 5.69 Å². The summed E-state index contributed by atoms with van der Waals surface area (Å²) in [5.41, 5.74) is 3.59. The second-order valence-corrected chi connectivity index (χ2v) is 7.47. The molecule has 0 radical (unpaired) electrons. The summed E-state index contributed by atoms with van der Waals surface area (Å²) in [6.07, 6.45) is 2.20. The van der Waals surface area contributed by atoms with Gasteiger partial charge in [0.2, 0.25) is 0 Å². The zero-order valence-corrected chi connectivity index (χ0v) is 19.1. The van der Waals surface area contributed by atoms with Crippen molar-refractivity contribution in [3.63, 3.8) is 0 Å². The molecule has 2 aromatic carbocycles. The van der Waals surface area contributed by atoms with Gasteiger partial charge in [0.05, 0.1) is 23.3 Å². The van der Waals surface area contributed by atoms with Crippen LogP contribution in [0.1, 0.15) is 22.8 Å². The van der Waals surface area contributed by atoms with E-state index in [9.17, 15) is 19.7 Å². The molecule has 0 aliphatic rings. The van der Waals surface area contributed by atoms with Crippen molar-refractivity contribution in [3.05, 3.63) is 80.6 Å². The van der Waals surface area contributed by atoms with Gasteiger partial charge in [-0.3, -0.25) is 19.6 Å². The number of carbonyl (C=O) groups is 2. The molecule has 3 rings (SSSR count). The van der Waals surface area contributed by atoms with Crippen LogP contribution in [0, 0.1) is 10.1 Å². The number of aromatic nitrogens is 2. The highest BCUT2D eigenvalue weighted by Crippen LogP contribution is 2.30. The number of halogens is 1. The van der Waals surface area contributed by atoms with Crippen LogP contribution in [-0.4, -0.2) is 39.4 Å². The molecule has 11 nitrogen and oxygen atoms in total. The third-order valence-electron chi connectivity index (χ3n) is 4.36. The predicted octanol–water partition coefficient (Wildman–Crippen LogP) is 3.32. The second-order valence-electron chi connectivity index (χ2n) is 6.62. The predicted molar refractivity (Wildman–Crippen MR) is 121 cm³/mol. The molecule has 0 atom stereocenters. The molecule has 1 N–H and O–H groups in total. The molecule has 1 heterocycles. The van der Waals surface area contributed by atoms with Crippen molar-refractivity contribution in [2.75, 3.05) is 7.11 Å². The number of nitrogens with one attached hydrogen (secondary N) is 1. The minimum Gasteiger partial charge on any atom is -0.493 e. The fourth-order valence-electron chi connectivity index (χ4n) is 2.69. The van der Waals surface area contributed by atoms with E-state index in [1.165, 1.54) is 7.11 Å². The highest BCUT2D eigenvalue weighted by molar-refractivity contribution is 9.10. The molecule has 33 heavy (non-hydrogen) atoms. The van der Waals surface area contributed by atoms with Crippen molar-refractivity contribution in [1.29, 1.82) is 0 Å². The van der Waals surface area contributed by atoms with Crippen molar-refractivity contribution >= 4 is 39.2 Å². The van der Waals surface area contributed by atoms with Crippen molar-refractivity contribution in [2.45, 2.75) is 13.5 Å². The molecule has 0 spiro atoms. The van der Waals surface area contributed by atoms with E-state index in [0.29, 0.717) is 27.1 Å². The number of hydrogen-bond donors (Lipinski definition) is 1. The summed E-state index contributed by atoms with van der Waals surface area (Å²) in [6, 6.07) is 11.7. The van der Waals surface area contributed by atoms with Gasteiger partial charge in [0.15, 0.2) is 11.5 Å². The summed E-state index contributed by atoms with van der Waals surface area (Å²) in [5, 5.41) is 18.5. The van der Waals surface area contributed by atoms with Gasteiger partial charge < -0.3 is 9.47 Å². The maximum atomic E-state index is 12.5. The molecule has 0 saturated heterocycles. The maximum absolute atomic E-state index is 12.5. The Morgan fingerprint density at radius 2 is 2.00 bits per heavy atom. The number of ether oxygens (including phenoxy) is 2. The number of rotatable bonds is 8. The van der Waals surface area contributed by atoms with Crippen LogP contribution in [0.25, 0.3) is 0 Å². The smallest absolute Gasteiger partial charge is 0.344 e. The zero-order chi connectivity index (χ0) is 24.0. The zero-order valence-electron chi connectivity index (χ0n) is 17.5. The summed E-state index contributed by atoms with van der Waals surface area (Å²) >= 11 is 3.32. The van der Waals surface area contributed by atoms with Crippen LogP contribution in [0.3, 0.4) is 0 Å². The normalized spacial score (nSPS) is 11.1. The Labute approximate surface area is 196 Å². The molecular formula is C21H18BrN5O6. The second kappa shape index (κ2) is 10.5. The quantitative estimate of drug-likeness (QED) is 0.159. The van der Waals surface area contributed by atoms with Crippen LogP contribution >= 0.6 is 15.9 Å². The van der Waals surface area contributed by atoms with Crippen LogP contribution < -0.4 is 14.9 Å². The molecule has 1 amide bonds. The fraction of sp³-hybridized carbons (Fsp3) is 0.143. The van der Waals surface area contributed by atoms with Gasteiger partial charge in [-0.1, -0.05) is 12.1 Å². The Morgan fingerprint density at radius 1 is 1.24 bits per heavy atom. The lowest BCUT2D eigenvalue weighted by atomic mass is 10.1. The first-order valence-corrected chi connectivity index (χ1v) is 10.2. The van der Waals surface area contributed by atoms with Gasteiger partial charge in [-0.25, -0.2) is 10.2 Å². The molecule has 1 aromatic heterocycles. The van der Waals surface area contributed by atoms with Crippen LogP contribution in [-0.2, 0) is 11.3 Å². The molecule has 0 aliphatic carbocycles. The summed E-state index contributed by atoms with van der Waals surface area (Å²) in [7, 11) is 1.44. The largest absolute Gasteiger partial charge is 0.493 e. The maximum Gasteiger partial charge on any atom is 0.344 e. The lowest BCUT2D eigenvalue weighted by Gasteiger charge is -2.12. The Kier molecular flexibility index (Phi) is 7.51. The molecule has 12 heteroatoms. The van der Waals surface area contributed by atoms with Gasteiger partial charge in [0.25, 0.3) is 5.91 Å². The minimum atomic E-state index is -0.600. The number of hydrogen-bond acceptors (Lipinski definition) is 8. The lowest BCUT2D eigenvalue weighted by Crippen LogP contribution is -2.24. The molecule has 0 bridgehead atoms. The third-order valence-corrected chi connectivity index (χ3v) is 5.05. The average molecular weight is 516 g/mol. The van der Waals surface area contributed by atoms with Gasteiger partial charge in [0.1, 0.15) is 18.9 Å². The molecule has 0 fully saturated rings. The number of carbonyl (C=O) groups excluding carboxylic acids is 2. The van der Waals surface area contributed by atoms with Gasteiger partial charge in [-0.2, -0.15) is 10.2 Å². The van der Waals surface area contributed by atoms with E-state index in [0.717, 1.165) is 17.1 Å². The Hall–Kier alpha value is -4.06. The fourth-order valence-corrected chi connectivity index (χ4v) is 3.13. The van der Waals surface area contributed by atoms with Gasteiger partial charge in [-0.05, 0) is 53.2 Å². The highest BCUT2D eigenvalue weighted by atomic mass is 79.9. The summed E-state index contributed by atoms with van der Waals surface area (Å²) < 4.78 is 12.5. The number of methoxy groups -OCH3 is 1. The standard InChI is InChI=1S/C21H18BrN5O6/c1-13(24-25-20(28)12-26-11-15(10-23-26)27(30)31)14-7-8-18(19(9-14)32-2)33-21(29)16-5-3-4-6-17(16)22/h3-11H,12H2,1-2H3,(H,25,28)/b24-13+. The van der Waals surface area contributed by atoms with Crippen molar-refractivity contribution in [3.8, 4) is 11.5 Å². The first-order chi connectivity index (χ1) is 15.8. The third kappa shape index (κ3) is 6.01.